The fourth-order valence-corrected chi connectivity index (χ4v) is 2.00. The number of halogens is 1. The van der Waals surface area contributed by atoms with Crippen LogP contribution in [-0.4, -0.2) is 11.8 Å². The third-order valence-electron chi connectivity index (χ3n) is 2.85. The Kier molecular flexibility index (Phi) is 4.05. The maximum Gasteiger partial charge on any atom is 0.255 e. The number of aryl methyl sites for hydroxylation is 1. The van der Waals surface area contributed by atoms with Crippen LogP contribution in [-0.2, 0) is 0 Å². The zero-order valence-corrected chi connectivity index (χ0v) is 11.6. The first-order valence-electron chi connectivity index (χ1n) is 5.95. The Morgan fingerprint density at radius 1 is 1.10 bits per heavy atom. The summed E-state index contributed by atoms with van der Waals surface area (Å²) < 4.78 is 0. The van der Waals surface area contributed by atoms with Crippen LogP contribution in [0.25, 0.3) is 0 Å². The van der Waals surface area contributed by atoms with Gasteiger partial charge in [0.25, 0.3) is 5.91 Å². The molecule has 0 saturated heterocycles. The molecule has 2 rings (SSSR count). The number of hydrogen-bond acceptors (Lipinski definition) is 2. The van der Waals surface area contributed by atoms with Gasteiger partial charge in [-0.2, -0.15) is 0 Å². The van der Waals surface area contributed by atoms with E-state index in [0.717, 1.165) is 5.56 Å². The summed E-state index contributed by atoms with van der Waals surface area (Å²) in [5.74, 6) is -0.874. The first kappa shape index (κ1) is 14.1. The minimum atomic E-state index is -0.567. The number of hydrogen-bond donors (Lipinski definition) is 2. The van der Waals surface area contributed by atoms with Gasteiger partial charge in [0.2, 0.25) is 5.91 Å². The smallest absolute Gasteiger partial charge is 0.255 e. The van der Waals surface area contributed by atoms with E-state index in [1.807, 2.05) is 6.92 Å². The van der Waals surface area contributed by atoms with E-state index in [1.54, 1.807) is 36.4 Å². The largest absolute Gasteiger partial charge is 0.366 e. The summed E-state index contributed by atoms with van der Waals surface area (Å²) in [6.07, 6.45) is 0. The predicted octanol–water partition coefficient (Wildman–Crippen LogP) is 3.00. The lowest BCUT2D eigenvalue weighted by Crippen LogP contribution is -2.15. The van der Waals surface area contributed by atoms with Gasteiger partial charge in [-0.25, -0.2) is 0 Å². The second-order valence-electron chi connectivity index (χ2n) is 4.36. The molecule has 2 aromatic carbocycles. The molecule has 0 bridgehead atoms. The second kappa shape index (κ2) is 5.75. The first-order chi connectivity index (χ1) is 9.47. The molecule has 0 saturated carbocycles. The number of nitrogens with one attached hydrogen (secondary N) is 1. The standard InChI is InChI=1S/C15H13ClN2O2/c1-9-7-12(16)5-6-13(9)18-15(20)11-4-2-3-10(8-11)14(17)19/h2-8H,1H3,(H2,17,19)(H,18,20). The maximum atomic E-state index is 12.1. The van der Waals surface area contributed by atoms with Crippen LogP contribution in [0.2, 0.25) is 5.02 Å². The highest BCUT2D eigenvalue weighted by atomic mass is 35.5. The monoisotopic (exact) mass is 288 g/mol. The van der Waals surface area contributed by atoms with Crippen molar-refractivity contribution in [1.29, 1.82) is 0 Å². The van der Waals surface area contributed by atoms with E-state index < -0.39 is 5.91 Å². The molecule has 2 aromatic rings. The molecule has 0 aliphatic rings. The van der Waals surface area contributed by atoms with Crippen LogP contribution in [0.4, 0.5) is 5.69 Å². The Morgan fingerprint density at radius 2 is 1.80 bits per heavy atom. The van der Waals surface area contributed by atoms with Crippen LogP contribution in [0.3, 0.4) is 0 Å². The summed E-state index contributed by atoms with van der Waals surface area (Å²) in [7, 11) is 0. The molecule has 20 heavy (non-hydrogen) atoms. The quantitative estimate of drug-likeness (QED) is 0.911. The summed E-state index contributed by atoms with van der Waals surface area (Å²) in [6.45, 7) is 1.85. The van der Waals surface area contributed by atoms with Crippen molar-refractivity contribution in [3.05, 3.63) is 64.2 Å². The van der Waals surface area contributed by atoms with Crippen LogP contribution in [0.1, 0.15) is 26.3 Å². The predicted molar refractivity (Wildman–Crippen MR) is 79.1 cm³/mol. The number of nitrogens with two attached hydrogens (primary N) is 1. The van der Waals surface area contributed by atoms with Crippen molar-refractivity contribution < 1.29 is 9.59 Å². The Morgan fingerprint density at radius 3 is 2.45 bits per heavy atom. The molecule has 4 nitrogen and oxygen atoms in total. The van der Waals surface area contributed by atoms with Crippen molar-refractivity contribution in [2.24, 2.45) is 5.73 Å². The molecule has 0 atom stereocenters. The van der Waals surface area contributed by atoms with E-state index >= 15 is 0 Å². The zero-order chi connectivity index (χ0) is 14.7. The van der Waals surface area contributed by atoms with Crippen molar-refractivity contribution in [3.63, 3.8) is 0 Å². The second-order valence-corrected chi connectivity index (χ2v) is 4.79. The van der Waals surface area contributed by atoms with E-state index in [4.69, 9.17) is 17.3 Å². The lowest BCUT2D eigenvalue weighted by Gasteiger charge is -2.09. The summed E-state index contributed by atoms with van der Waals surface area (Å²) in [6, 6.07) is 11.4. The summed E-state index contributed by atoms with van der Waals surface area (Å²) in [4.78, 5) is 23.2. The molecule has 3 N–H and O–H groups in total. The molecule has 5 heteroatoms. The van der Waals surface area contributed by atoms with Gasteiger partial charge in [-0.15, -0.1) is 0 Å². The zero-order valence-electron chi connectivity index (χ0n) is 10.8. The van der Waals surface area contributed by atoms with Crippen LogP contribution in [0, 0.1) is 6.92 Å². The van der Waals surface area contributed by atoms with Crippen molar-refractivity contribution in [2.75, 3.05) is 5.32 Å². The maximum absolute atomic E-state index is 12.1. The third kappa shape index (κ3) is 3.16. The van der Waals surface area contributed by atoms with Crippen LogP contribution >= 0.6 is 11.6 Å². The SMILES string of the molecule is Cc1cc(Cl)ccc1NC(=O)c1cccc(C(N)=O)c1. The molecule has 0 aliphatic heterocycles. The lowest BCUT2D eigenvalue weighted by atomic mass is 10.1. The van der Waals surface area contributed by atoms with Crippen LogP contribution in [0.5, 0.6) is 0 Å². The molecule has 102 valence electrons. The van der Waals surface area contributed by atoms with Crippen LogP contribution < -0.4 is 11.1 Å². The number of rotatable bonds is 3. The van der Waals surface area contributed by atoms with Crippen molar-refractivity contribution in [3.8, 4) is 0 Å². The highest BCUT2D eigenvalue weighted by molar-refractivity contribution is 6.30. The first-order valence-corrected chi connectivity index (χ1v) is 6.32. The molecule has 0 aromatic heterocycles. The minimum Gasteiger partial charge on any atom is -0.366 e. The number of anilines is 1. The Balaban J connectivity index is 2.24. The summed E-state index contributed by atoms with van der Waals surface area (Å²) in [5.41, 5.74) is 7.39. The topological polar surface area (TPSA) is 72.2 Å². The number of amides is 2. The highest BCUT2D eigenvalue weighted by Crippen LogP contribution is 2.20. The normalized spacial score (nSPS) is 10.1. The fraction of sp³-hybridized carbons (Fsp3) is 0.0667. The third-order valence-corrected chi connectivity index (χ3v) is 3.08. The summed E-state index contributed by atoms with van der Waals surface area (Å²) >= 11 is 5.86. The van der Waals surface area contributed by atoms with E-state index in [0.29, 0.717) is 21.8 Å². The van der Waals surface area contributed by atoms with Gasteiger partial charge in [-0.05, 0) is 48.9 Å². The van der Waals surface area contributed by atoms with Crippen molar-refractivity contribution in [2.45, 2.75) is 6.92 Å². The number of benzene rings is 2. The molecule has 0 radical (unpaired) electrons. The lowest BCUT2D eigenvalue weighted by molar-refractivity contribution is 0.1000. The Bertz CT molecular complexity index is 683. The van der Waals surface area contributed by atoms with Gasteiger partial charge in [-0.1, -0.05) is 17.7 Å². The number of primary amides is 1. The Labute approximate surface area is 121 Å². The van der Waals surface area contributed by atoms with Gasteiger partial charge in [0.1, 0.15) is 0 Å². The van der Waals surface area contributed by atoms with Gasteiger partial charge < -0.3 is 11.1 Å². The molecule has 0 spiro atoms. The average Bonchev–Trinajstić information content (AvgIpc) is 2.42. The molecule has 2 amide bonds. The summed E-state index contributed by atoms with van der Waals surface area (Å²) in [5, 5.41) is 3.38. The number of carbonyl (C=O) groups excluding carboxylic acids is 2. The van der Waals surface area contributed by atoms with Crippen molar-refractivity contribution in [1.82, 2.24) is 0 Å². The minimum absolute atomic E-state index is 0.297. The Hall–Kier alpha value is -2.33. The van der Waals surface area contributed by atoms with E-state index in [1.165, 1.54) is 6.07 Å². The fourth-order valence-electron chi connectivity index (χ4n) is 1.78. The van der Waals surface area contributed by atoms with Gasteiger partial charge >= 0.3 is 0 Å². The van der Waals surface area contributed by atoms with Gasteiger partial charge in [0, 0.05) is 21.8 Å². The molecular formula is C15H13ClN2O2. The molecule has 0 fully saturated rings. The van der Waals surface area contributed by atoms with Crippen molar-refractivity contribution >= 4 is 29.1 Å². The van der Waals surface area contributed by atoms with E-state index in [-0.39, 0.29) is 5.91 Å². The van der Waals surface area contributed by atoms with Gasteiger partial charge in [0.15, 0.2) is 0 Å². The number of carbonyl (C=O) groups is 2. The molecule has 0 heterocycles. The highest BCUT2D eigenvalue weighted by Gasteiger charge is 2.10. The van der Waals surface area contributed by atoms with Gasteiger partial charge in [-0.3, -0.25) is 9.59 Å². The van der Waals surface area contributed by atoms with E-state index in [2.05, 4.69) is 5.32 Å². The van der Waals surface area contributed by atoms with Crippen LogP contribution in [0.15, 0.2) is 42.5 Å². The average molecular weight is 289 g/mol. The van der Waals surface area contributed by atoms with E-state index in [9.17, 15) is 9.59 Å². The van der Waals surface area contributed by atoms with Gasteiger partial charge in [0.05, 0.1) is 0 Å². The molecular weight excluding hydrogens is 276 g/mol. The molecule has 0 aliphatic carbocycles. The molecule has 0 unspecified atom stereocenters.